The molecule has 0 aliphatic carbocycles. The van der Waals surface area contributed by atoms with E-state index >= 15 is 0 Å². The van der Waals surface area contributed by atoms with Gasteiger partial charge in [0, 0.05) is 24.5 Å². The average Bonchev–Trinajstić information content (AvgIpc) is 2.89. The number of hydrogen-bond donors (Lipinski definition) is 1. The van der Waals surface area contributed by atoms with E-state index in [0.29, 0.717) is 29.3 Å². The molecule has 1 fully saturated rings. The van der Waals surface area contributed by atoms with Crippen molar-refractivity contribution in [2.75, 3.05) is 6.54 Å². The first-order valence-electron chi connectivity index (χ1n) is 7.59. The van der Waals surface area contributed by atoms with Crippen molar-refractivity contribution in [1.29, 1.82) is 0 Å². The second kappa shape index (κ2) is 5.57. The number of rotatable bonds is 2. The number of likely N-dealkylation sites (tertiary alicyclic amines) is 1. The number of H-pyrrole nitrogens is 1. The van der Waals surface area contributed by atoms with Crippen LogP contribution in [0.4, 0.5) is 0 Å². The molecule has 1 amide bonds. The van der Waals surface area contributed by atoms with E-state index in [-0.39, 0.29) is 11.5 Å². The maximum absolute atomic E-state index is 13.0. The molecule has 0 saturated carbocycles. The number of aromatic amines is 1. The quantitative estimate of drug-likeness (QED) is 0.903. The van der Waals surface area contributed by atoms with Crippen molar-refractivity contribution in [3.63, 3.8) is 0 Å². The van der Waals surface area contributed by atoms with Crippen LogP contribution >= 0.6 is 0 Å². The van der Waals surface area contributed by atoms with Crippen LogP contribution in [-0.4, -0.2) is 37.3 Å². The molecule has 0 spiro atoms. The summed E-state index contributed by atoms with van der Waals surface area (Å²) in [6.07, 6.45) is 4.56. The van der Waals surface area contributed by atoms with Gasteiger partial charge in [-0.15, -0.1) is 0 Å². The Labute approximate surface area is 133 Å². The molecule has 0 aromatic carbocycles. The average molecular weight is 313 g/mol. The highest BCUT2D eigenvalue weighted by atomic mass is 16.2. The van der Waals surface area contributed by atoms with Gasteiger partial charge in [0.15, 0.2) is 0 Å². The minimum atomic E-state index is -0.634. The molecule has 23 heavy (non-hydrogen) atoms. The summed E-state index contributed by atoms with van der Waals surface area (Å²) in [5.74, 6) is 0.398. The van der Waals surface area contributed by atoms with Crippen molar-refractivity contribution in [2.45, 2.75) is 39.2 Å². The van der Waals surface area contributed by atoms with Gasteiger partial charge in [0.05, 0.1) is 16.8 Å². The van der Waals surface area contributed by atoms with Gasteiger partial charge in [-0.3, -0.25) is 9.59 Å². The molecule has 2 aromatic heterocycles. The summed E-state index contributed by atoms with van der Waals surface area (Å²) < 4.78 is 0. The summed E-state index contributed by atoms with van der Waals surface area (Å²) in [6.45, 7) is 6.11. The summed E-state index contributed by atoms with van der Waals surface area (Å²) in [5, 5.41) is 0. The second-order valence-electron chi connectivity index (χ2n) is 6.09. The topological polar surface area (TPSA) is 91.8 Å². The molecule has 2 aromatic rings. The molecule has 1 N–H and O–H groups in total. The van der Waals surface area contributed by atoms with E-state index in [4.69, 9.17) is 0 Å². The highest BCUT2D eigenvalue weighted by molar-refractivity contribution is 5.95. The minimum Gasteiger partial charge on any atom is -0.326 e. The van der Waals surface area contributed by atoms with Crippen LogP contribution in [0.25, 0.3) is 0 Å². The first-order chi connectivity index (χ1) is 10.9. The third kappa shape index (κ3) is 2.62. The third-order valence-electron chi connectivity index (χ3n) is 4.41. The first kappa shape index (κ1) is 15.3. The van der Waals surface area contributed by atoms with E-state index in [0.717, 1.165) is 12.8 Å². The van der Waals surface area contributed by atoms with Crippen LogP contribution in [0.1, 0.15) is 47.3 Å². The van der Waals surface area contributed by atoms with Crippen LogP contribution in [0, 0.1) is 13.8 Å². The Bertz CT molecular complexity index is 816. The lowest BCUT2D eigenvalue weighted by atomic mass is 9.96. The summed E-state index contributed by atoms with van der Waals surface area (Å²) in [6, 6.07) is 1.45. The van der Waals surface area contributed by atoms with Gasteiger partial charge in [0.2, 0.25) is 0 Å². The molecule has 3 heterocycles. The normalized spacial score (nSPS) is 20.7. The number of carbonyl (C=O) groups is 1. The summed E-state index contributed by atoms with van der Waals surface area (Å²) >= 11 is 0. The molecule has 120 valence electrons. The van der Waals surface area contributed by atoms with E-state index in [1.54, 1.807) is 18.7 Å². The van der Waals surface area contributed by atoms with E-state index in [1.807, 2.05) is 6.92 Å². The SMILES string of the molecule is Cc1cc(=O)[nH]c(C2(C)CCCN2C(=O)c2cncnc2C)n1. The molecular weight excluding hydrogens is 294 g/mol. The second-order valence-corrected chi connectivity index (χ2v) is 6.09. The fourth-order valence-corrected chi connectivity index (χ4v) is 3.12. The molecule has 3 rings (SSSR count). The maximum Gasteiger partial charge on any atom is 0.258 e. The number of carbonyl (C=O) groups excluding carboxylic acids is 1. The van der Waals surface area contributed by atoms with E-state index in [9.17, 15) is 9.59 Å². The van der Waals surface area contributed by atoms with Gasteiger partial charge in [-0.2, -0.15) is 0 Å². The largest absolute Gasteiger partial charge is 0.326 e. The van der Waals surface area contributed by atoms with Gasteiger partial charge in [-0.05, 0) is 33.6 Å². The van der Waals surface area contributed by atoms with Gasteiger partial charge in [-0.25, -0.2) is 15.0 Å². The van der Waals surface area contributed by atoms with Crippen LogP contribution in [0.5, 0.6) is 0 Å². The molecule has 1 unspecified atom stereocenters. The summed E-state index contributed by atoms with van der Waals surface area (Å²) in [7, 11) is 0. The molecule has 1 atom stereocenters. The number of nitrogens with zero attached hydrogens (tertiary/aromatic N) is 4. The summed E-state index contributed by atoms with van der Waals surface area (Å²) in [4.78, 5) is 41.8. The smallest absolute Gasteiger partial charge is 0.258 e. The first-order valence-corrected chi connectivity index (χ1v) is 7.59. The Hall–Kier alpha value is -2.57. The molecular formula is C16H19N5O2. The van der Waals surface area contributed by atoms with Gasteiger partial charge in [0.1, 0.15) is 12.2 Å². The van der Waals surface area contributed by atoms with Crippen molar-refractivity contribution in [3.8, 4) is 0 Å². The Morgan fingerprint density at radius 3 is 2.87 bits per heavy atom. The van der Waals surface area contributed by atoms with Crippen LogP contribution < -0.4 is 5.56 Å². The van der Waals surface area contributed by atoms with Crippen LogP contribution in [0.15, 0.2) is 23.4 Å². The van der Waals surface area contributed by atoms with E-state index in [1.165, 1.54) is 18.6 Å². The van der Waals surface area contributed by atoms with Gasteiger partial charge < -0.3 is 9.88 Å². The lowest BCUT2D eigenvalue weighted by Gasteiger charge is -2.34. The zero-order valence-corrected chi connectivity index (χ0v) is 13.5. The number of hydrogen-bond acceptors (Lipinski definition) is 5. The fraction of sp³-hybridized carbons (Fsp3) is 0.438. The zero-order valence-electron chi connectivity index (χ0n) is 13.5. The number of nitrogens with one attached hydrogen (secondary N) is 1. The maximum atomic E-state index is 13.0. The van der Waals surface area contributed by atoms with Crippen molar-refractivity contribution >= 4 is 5.91 Å². The van der Waals surface area contributed by atoms with E-state index < -0.39 is 5.54 Å². The predicted molar refractivity (Wildman–Crippen MR) is 84.0 cm³/mol. The highest BCUT2D eigenvalue weighted by Gasteiger charge is 2.43. The number of aromatic nitrogens is 4. The van der Waals surface area contributed by atoms with Crippen molar-refractivity contribution in [1.82, 2.24) is 24.8 Å². The molecule has 1 saturated heterocycles. The molecule has 0 bridgehead atoms. The summed E-state index contributed by atoms with van der Waals surface area (Å²) in [5.41, 5.74) is 0.932. The number of aryl methyl sites for hydroxylation is 2. The molecule has 0 radical (unpaired) electrons. The Morgan fingerprint density at radius 2 is 2.17 bits per heavy atom. The minimum absolute atomic E-state index is 0.132. The molecule has 1 aliphatic rings. The predicted octanol–water partition coefficient (Wildman–Crippen LogP) is 1.33. The van der Waals surface area contributed by atoms with Crippen molar-refractivity contribution in [3.05, 3.63) is 51.7 Å². The highest BCUT2D eigenvalue weighted by Crippen LogP contribution is 2.37. The van der Waals surface area contributed by atoms with Gasteiger partial charge >= 0.3 is 0 Å². The van der Waals surface area contributed by atoms with Crippen molar-refractivity contribution in [2.24, 2.45) is 0 Å². The molecule has 1 aliphatic heterocycles. The zero-order chi connectivity index (χ0) is 16.6. The molecule has 7 nitrogen and oxygen atoms in total. The Kier molecular flexibility index (Phi) is 3.71. The lowest BCUT2D eigenvalue weighted by molar-refractivity contribution is 0.0601. The van der Waals surface area contributed by atoms with Gasteiger partial charge in [-0.1, -0.05) is 0 Å². The van der Waals surface area contributed by atoms with Crippen LogP contribution in [0.2, 0.25) is 0 Å². The third-order valence-corrected chi connectivity index (χ3v) is 4.41. The van der Waals surface area contributed by atoms with Gasteiger partial charge in [0.25, 0.3) is 11.5 Å². The van der Waals surface area contributed by atoms with Crippen molar-refractivity contribution < 1.29 is 4.79 Å². The van der Waals surface area contributed by atoms with E-state index in [2.05, 4.69) is 19.9 Å². The van der Waals surface area contributed by atoms with Crippen LogP contribution in [-0.2, 0) is 5.54 Å². The Balaban J connectivity index is 2.04. The molecule has 7 heteroatoms. The van der Waals surface area contributed by atoms with Crippen LogP contribution in [0.3, 0.4) is 0 Å². The number of amides is 1. The lowest BCUT2D eigenvalue weighted by Crippen LogP contribution is -2.45. The standard InChI is InChI=1S/C16H19N5O2/c1-10-7-13(22)20-15(19-10)16(3)5-4-6-21(16)14(23)12-8-17-9-18-11(12)2/h7-9H,4-6H2,1-3H3,(H,19,20,22). The monoisotopic (exact) mass is 313 g/mol. The Morgan fingerprint density at radius 1 is 1.39 bits per heavy atom. The fourth-order valence-electron chi connectivity index (χ4n) is 3.12.